The molecular weight excluding hydrogens is 446 g/mol. The Hall–Kier alpha value is -2.61. The predicted octanol–water partition coefficient (Wildman–Crippen LogP) is 3.89. The van der Waals surface area contributed by atoms with E-state index in [9.17, 15) is 14.4 Å². The van der Waals surface area contributed by atoms with E-state index in [0.29, 0.717) is 26.1 Å². The number of nitrogens with zero attached hydrogens (tertiary/aromatic N) is 2. The number of alkyl carbamates (subject to hydrolysis) is 1. The topological polar surface area (TPSA) is 88.2 Å². The molecule has 2 aliphatic rings. The van der Waals surface area contributed by atoms with E-state index in [0.717, 1.165) is 56.6 Å². The predicted molar refractivity (Wildman–Crippen MR) is 135 cm³/mol. The van der Waals surface area contributed by atoms with Crippen molar-refractivity contribution in [3.63, 3.8) is 0 Å². The fourth-order valence-corrected chi connectivity index (χ4v) is 4.20. The summed E-state index contributed by atoms with van der Waals surface area (Å²) >= 11 is 0. The van der Waals surface area contributed by atoms with Gasteiger partial charge in [-0.1, -0.05) is 6.92 Å². The Morgan fingerprint density at radius 1 is 1.06 bits per heavy atom. The molecule has 1 N–H and O–H groups in total. The minimum atomic E-state index is -0.600. The molecule has 0 unspecified atom stereocenters. The minimum absolute atomic E-state index is 0.0489. The molecule has 1 aromatic carbocycles. The number of hydrogen-bond acceptors (Lipinski definition) is 6. The average molecular weight is 488 g/mol. The van der Waals surface area contributed by atoms with Gasteiger partial charge in [-0.2, -0.15) is 0 Å². The molecule has 3 rings (SSSR count). The lowest BCUT2D eigenvalue weighted by atomic mass is 10.1. The third-order valence-corrected chi connectivity index (χ3v) is 6.27. The van der Waals surface area contributed by atoms with Crippen LogP contribution in [0, 0.1) is 5.92 Å². The van der Waals surface area contributed by atoms with Gasteiger partial charge < -0.3 is 24.6 Å². The molecule has 1 atom stereocenters. The van der Waals surface area contributed by atoms with Crippen LogP contribution in [-0.2, 0) is 9.53 Å². The molecule has 194 valence electrons. The maximum absolute atomic E-state index is 13.0. The van der Waals surface area contributed by atoms with Crippen molar-refractivity contribution in [1.29, 1.82) is 0 Å². The van der Waals surface area contributed by atoms with Crippen LogP contribution in [0.15, 0.2) is 24.3 Å². The van der Waals surface area contributed by atoms with Crippen LogP contribution in [0.5, 0.6) is 5.75 Å². The summed E-state index contributed by atoms with van der Waals surface area (Å²) in [5.41, 5.74) is 0.173. The molecule has 1 aliphatic heterocycles. The molecule has 2 fully saturated rings. The highest BCUT2D eigenvalue weighted by Gasteiger charge is 2.30. The lowest BCUT2D eigenvalue weighted by Crippen LogP contribution is -2.50. The quantitative estimate of drug-likeness (QED) is 0.398. The van der Waals surface area contributed by atoms with Gasteiger partial charge in [0, 0.05) is 37.7 Å². The molecule has 0 bridgehead atoms. The van der Waals surface area contributed by atoms with Crippen LogP contribution in [0.2, 0.25) is 0 Å². The lowest BCUT2D eigenvalue weighted by molar-refractivity contribution is -0.133. The SMILES string of the molecule is CC[C@@H](NC(=O)OC(C)(C)C)C(=O)N1CCCN(CCCOc2ccc(C(=O)C3CC3)cc2)CC1. The summed E-state index contributed by atoms with van der Waals surface area (Å²) in [5.74, 6) is 1.21. The number of Topliss-reactive ketones (excluding diaryl/α,β-unsaturated/α-hetero) is 1. The smallest absolute Gasteiger partial charge is 0.408 e. The van der Waals surface area contributed by atoms with Gasteiger partial charge in [0.1, 0.15) is 17.4 Å². The molecule has 35 heavy (non-hydrogen) atoms. The number of benzene rings is 1. The minimum Gasteiger partial charge on any atom is -0.494 e. The molecule has 1 aliphatic carbocycles. The number of amides is 2. The van der Waals surface area contributed by atoms with Crippen LogP contribution in [0.3, 0.4) is 0 Å². The largest absolute Gasteiger partial charge is 0.494 e. The summed E-state index contributed by atoms with van der Waals surface area (Å²) in [7, 11) is 0. The number of hydrogen-bond donors (Lipinski definition) is 1. The first kappa shape index (κ1) is 27.0. The Labute approximate surface area is 209 Å². The first-order valence-electron chi connectivity index (χ1n) is 12.9. The molecule has 8 nitrogen and oxygen atoms in total. The number of nitrogens with one attached hydrogen (secondary N) is 1. The van der Waals surface area contributed by atoms with Crippen LogP contribution in [0.25, 0.3) is 0 Å². The zero-order valence-electron chi connectivity index (χ0n) is 21.7. The molecule has 1 heterocycles. The van der Waals surface area contributed by atoms with Gasteiger partial charge >= 0.3 is 6.09 Å². The highest BCUT2D eigenvalue weighted by molar-refractivity contribution is 5.99. The Morgan fingerprint density at radius 2 is 1.77 bits per heavy atom. The highest BCUT2D eigenvalue weighted by atomic mass is 16.6. The molecule has 1 saturated carbocycles. The van der Waals surface area contributed by atoms with Crippen molar-refractivity contribution in [3.05, 3.63) is 29.8 Å². The second-order valence-electron chi connectivity index (χ2n) is 10.5. The summed E-state index contributed by atoms with van der Waals surface area (Å²) in [4.78, 5) is 41.4. The molecule has 1 saturated heterocycles. The third-order valence-electron chi connectivity index (χ3n) is 6.27. The van der Waals surface area contributed by atoms with Crippen molar-refractivity contribution in [1.82, 2.24) is 15.1 Å². The summed E-state index contributed by atoms with van der Waals surface area (Å²) < 4.78 is 11.2. The van der Waals surface area contributed by atoms with Crippen LogP contribution in [-0.4, -0.2) is 78.6 Å². The molecule has 8 heteroatoms. The van der Waals surface area contributed by atoms with Gasteiger partial charge in [0.15, 0.2) is 5.78 Å². The second kappa shape index (κ2) is 12.4. The second-order valence-corrected chi connectivity index (χ2v) is 10.5. The lowest BCUT2D eigenvalue weighted by Gasteiger charge is -2.27. The fraction of sp³-hybridized carbons (Fsp3) is 0.667. The van der Waals surface area contributed by atoms with Crippen molar-refractivity contribution in [2.45, 2.75) is 71.4 Å². The van der Waals surface area contributed by atoms with Gasteiger partial charge in [-0.05, 0) is 83.7 Å². The highest BCUT2D eigenvalue weighted by Crippen LogP contribution is 2.32. The molecule has 1 aromatic rings. The van der Waals surface area contributed by atoms with Crippen molar-refractivity contribution in [3.8, 4) is 5.75 Å². The molecular formula is C27H41N3O5. The molecule has 0 spiro atoms. The summed E-state index contributed by atoms with van der Waals surface area (Å²) in [6, 6.07) is 6.90. The van der Waals surface area contributed by atoms with Crippen molar-refractivity contribution < 1.29 is 23.9 Å². The zero-order valence-corrected chi connectivity index (χ0v) is 21.7. The Bertz CT molecular complexity index is 861. The summed E-state index contributed by atoms with van der Waals surface area (Å²) in [5, 5.41) is 2.73. The molecule has 0 aromatic heterocycles. The van der Waals surface area contributed by atoms with Gasteiger partial charge in [-0.25, -0.2) is 4.79 Å². The van der Waals surface area contributed by atoms with Gasteiger partial charge in [0.05, 0.1) is 6.61 Å². The number of ether oxygens (including phenoxy) is 2. The molecule has 0 radical (unpaired) electrons. The van der Waals surface area contributed by atoms with Gasteiger partial charge in [0.25, 0.3) is 0 Å². The van der Waals surface area contributed by atoms with Crippen LogP contribution >= 0.6 is 0 Å². The van der Waals surface area contributed by atoms with Crippen LogP contribution in [0.1, 0.15) is 70.2 Å². The Kier molecular flexibility index (Phi) is 9.55. The van der Waals surface area contributed by atoms with E-state index in [4.69, 9.17) is 9.47 Å². The van der Waals surface area contributed by atoms with E-state index in [1.165, 1.54) is 0 Å². The normalized spacial score (nSPS) is 17.9. The van der Waals surface area contributed by atoms with Crippen molar-refractivity contribution in [2.75, 3.05) is 39.3 Å². The van der Waals surface area contributed by atoms with Crippen molar-refractivity contribution >= 4 is 17.8 Å². The first-order valence-corrected chi connectivity index (χ1v) is 12.9. The number of carbonyl (C=O) groups excluding carboxylic acids is 3. The third kappa shape index (κ3) is 8.84. The zero-order chi connectivity index (χ0) is 25.4. The maximum atomic E-state index is 13.0. The van der Waals surface area contributed by atoms with E-state index in [1.807, 2.05) is 36.1 Å². The number of carbonyl (C=O) groups is 3. The average Bonchev–Trinajstić information content (AvgIpc) is 3.66. The first-order chi connectivity index (χ1) is 16.7. The van der Waals surface area contributed by atoms with E-state index in [1.54, 1.807) is 20.8 Å². The number of rotatable bonds is 10. The Morgan fingerprint density at radius 3 is 2.40 bits per heavy atom. The van der Waals surface area contributed by atoms with Crippen molar-refractivity contribution in [2.24, 2.45) is 5.92 Å². The number of ketones is 1. The summed E-state index contributed by atoms with van der Waals surface area (Å²) in [6.07, 6.45) is 3.77. The Balaban J connectivity index is 1.37. The van der Waals surface area contributed by atoms with Gasteiger partial charge in [0.2, 0.25) is 5.91 Å². The van der Waals surface area contributed by atoms with E-state index >= 15 is 0 Å². The molecule has 2 amide bonds. The van der Waals surface area contributed by atoms with Gasteiger partial charge in [-0.3, -0.25) is 9.59 Å². The van der Waals surface area contributed by atoms with E-state index < -0.39 is 17.7 Å². The monoisotopic (exact) mass is 487 g/mol. The van der Waals surface area contributed by atoms with Crippen LogP contribution in [0.4, 0.5) is 4.79 Å². The standard InChI is InChI=1S/C27H41N3O5/c1-5-23(28-26(33)35-27(2,3)4)25(32)30-16-6-14-29(17-18-30)15-7-19-34-22-12-10-21(11-13-22)24(31)20-8-9-20/h10-13,20,23H,5-9,14-19H2,1-4H3,(H,28,33)/t23-/m1/s1. The van der Waals surface area contributed by atoms with Gasteiger partial charge in [-0.15, -0.1) is 0 Å². The van der Waals surface area contributed by atoms with E-state index in [-0.39, 0.29) is 17.6 Å². The van der Waals surface area contributed by atoms with Crippen LogP contribution < -0.4 is 10.1 Å². The van der Waals surface area contributed by atoms with E-state index in [2.05, 4.69) is 10.2 Å². The summed E-state index contributed by atoms with van der Waals surface area (Å²) in [6.45, 7) is 11.9. The maximum Gasteiger partial charge on any atom is 0.408 e. The fourth-order valence-electron chi connectivity index (χ4n) is 4.20.